The molecule has 4 N–H and O–H groups in total. The van der Waals surface area contributed by atoms with E-state index >= 15 is 0 Å². The molecule has 0 radical (unpaired) electrons. The summed E-state index contributed by atoms with van der Waals surface area (Å²) < 4.78 is 28.2. The number of nitrogens with zero attached hydrogens (tertiary/aromatic N) is 2. The van der Waals surface area contributed by atoms with Gasteiger partial charge < -0.3 is 11.1 Å². The maximum absolute atomic E-state index is 12.3. The first kappa shape index (κ1) is 17.9. The van der Waals surface area contributed by atoms with Crippen LogP contribution in [-0.4, -0.2) is 42.7 Å². The molecular formula is C14H25N5O3S. The zero-order valence-electron chi connectivity index (χ0n) is 13.5. The van der Waals surface area contributed by atoms with Crippen LogP contribution in [0.4, 0.5) is 0 Å². The normalized spacial score (nSPS) is 23.4. The Morgan fingerprint density at radius 1 is 1.48 bits per heavy atom. The fraction of sp³-hybridized carbons (Fsp3) is 0.714. The van der Waals surface area contributed by atoms with Crippen molar-refractivity contribution in [2.45, 2.75) is 49.6 Å². The Morgan fingerprint density at radius 3 is 2.78 bits per heavy atom. The fourth-order valence-corrected chi connectivity index (χ4v) is 4.07. The molecule has 130 valence electrons. The van der Waals surface area contributed by atoms with E-state index in [4.69, 9.17) is 5.73 Å². The zero-order valence-corrected chi connectivity index (χ0v) is 14.3. The maximum atomic E-state index is 12.3. The molecule has 8 nitrogen and oxygen atoms in total. The number of nitrogens with two attached hydrogens (primary N) is 1. The number of aryl methyl sites for hydroxylation is 1. The molecule has 1 amide bonds. The number of aromatic nitrogens is 2. The zero-order chi connectivity index (χ0) is 17.0. The highest BCUT2D eigenvalue weighted by Gasteiger charge is 2.29. The molecule has 0 aromatic carbocycles. The van der Waals surface area contributed by atoms with Crippen molar-refractivity contribution in [1.29, 1.82) is 0 Å². The molecule has 9 heteroatoms. The van der Waals surface area contributed by atoms with Crippen LogP contribution >= 0.6 is 0 Å². The van der Waals surface area contributed by atoms with Crippen LogP contribution in [0.5, 0.6) is 0 Å². The van der Waals surface area contributed by atoms with E-state index < -0.39 is 16.1 Å². The summed E-state index contributed by atoms with van der Waals surface area (Å²) in [5, 5.41) is 6.76. The Kier molecular flexibility index (Phi) is 5.77. The van der Waals surface area contributed by atoms with Gasteiger partial charge in [-0.3, -0.25) is 9.48 Å². The number of rotatable bonds is 6. The first-order chi connectivity index (χ1) is 10.8. The lowest BCUT2D eigenvalue weighted by molar-refractivity contribution is -0.123. The van der Waals surface area contributed by atoms with E-state index in [9.17, 15) is 13.2 Å². The molecule has 1 aromatic rings. The standard InChI is InChI=1S/C14H25N5O3S/c1-10(18-23(21,22)12-8-16-19(2)9-12)14(20)17-13-6-4-3-5-11(13)7-15/h8-11,13,18H,3-7,15H2,1-2H3,(H,17,20). The topological polar surface area (TPSA) is 119 Å². The smallest absolute Gasteiger partial charge is 0.244 e. The van der Waals surface area contributed by atoms with Gasteiger partial charge in [0.2, 0.25) is 15.9 Å². The maximum Gasteiger partial charge on any atom is 0.244 e. The Balaban J connectivity index is 1.97. The highest BCUT2D eigenvalue weighted by atomic mass is 32.2. The highest BCUT2D eigenvalue weighted by Crippen LogP contribution is 2.23. The SMILES string of the molecule is CC(NS(=O)(=O)c1cnn(C)c1)C(=O)NC1CCCCC1CN. The van der Waals surface area contributed by atoms with E-state index in [1.807, 2.05) is 0 Å². The molecule has 23 heavy (non-hydrogen) atoms. The first-order valence-corrected chi connectivity index (χ1v) is 9.33. The minimum absolute atomic E-state index is 0.0200. The number of hydrogen-bond acceptors (Lipinski definition) is 5. The van der Waals surface area contributed by atoms with Crippen molar-refractivity contribution in [3.63, 3.8) is 0 Å². The van der Waals surface area contributed by atoms with Gasteiger partial charge >= 0.3 is 0 Å². The molecule has 1 heterocycles. The van der Waals surface area contributed by atoms with E-state index in [1.54, 1.807) is 7.05 Å². The summed E-state index contributed by atoms with van der Waals surface area (Å²) in [6.07, 6.45) is 6.69. The number of nitrogens with one attached hydrogen (secondary N) is 2. The molecule has 0 saturated heterocycles. The lowest BCUT2D eigenvalue weighted by Gasteiger charge is -2.32. The Hall–Kier alpha value is -1.45. The van der Waals surface area contributed by atoms with Crippen molar-refractivity contribution < 1.29 is 13.2 Å². The quantitative estimate of drug-likeness (QED) is 0.656. The summed E-state index contributed by atoms with van der Waals surface area (Å²) in [4.78, 5) is 12.3. The highest BCUT2D eigenvalue weighted by molar-refractivity contribution is 7.89. The van der Waals surface area contributed by atoms with Crippen LogP contribution in [0.25, 0.3) is 0 Å². The van der Waals surface area contributed by atoms with Gasteiger partial charge in [-0.1, -0.05) is 12.8 Å². The lowest BCUT2D eigenvalue weighted by Crippen LogP contribution is -2.51. The van der Waals surface area contributed by atoms with Crippen molar-refractivity contribution in [3.8, 4) is 0 Å². The van der Waals surface area contributed by atoms with Gasteiger partial charge in [0, 0.05) is 19.3 Å². The molecule has 0 bridgehead atoms. The summed E-state index contributed by atoms with van der Waals surface area (Å²) in [7, 11) is -2.13. The molecule has 0 spiro atoms. The number of carbonyl (C=O) groups is 1. The van der Waals surface area contributed by atoms with Gasteiger partial charge in [-0.05, 0) is 32.2 Å². The van der Waals surface area contributed by atoms with Gasteiger partial charge in [0.1, 0.15) is 4.90 Å². The van der Waals surface area contributed by atoms with Crippen molar-refractivity contribution >= 4 is 15.9 Å². The van der Waals surface area contributed by atoms with Crippen molar-refractivity contribution in [2.24, 2.45) is 18.7 Å². The average molecular weight is 343 g/mol. The van der Waals surface area contributed by atoms with E-state index in [2.05, 4.69) is 15.1 Å². The van der Waals surface area contributed by atoms with Crippen LogP contribution in [0, 0.1) is 5.92 Å². The summed E-state index contributed by atoms with van der Waals surface area (Å²) in [5.74, 6) is -0.0716. The molecule has 3 unspecified atom stereocenters. The van der Waals surface area contributed by atoms with E-state index in [-0.39, 0.29) is 22.8 Å². The molecule has 2 rings (SSSR count). The second-order valence-corrected chi connectivity index (χ2v) is 7.80. The summed E-state index contributed by atoms with van der Waals surface area (Å²) >= 11 is 0. The second-order valence-electron chi connectivity index (χ2n) is 6.09. The van der Waals surface area contributed by atoms with Gasteiger partial charge in [-0.15, -0.1) is 0 Å². The van der Waals surface area contributed by atoms with Crippen LogP contribution in [0.3, 0.4) is 0 Å². The van der Waals surface area contributed by atoms with Crippen molar-refractivity contribution in [2.75, 3.05) is 6.54 Å². The molecule has 1 aliphatic rings. The Morgan fingerprint density at radius 2 is 2.17 bits per heavy atom. The molecule has 0 aliphatic heterocycles. The third-order valence-electron chi connectivity index (χ3n) is 4.26. The van der Waals surface area contributed by atoms with Crippen LogP contribution in [-0.2, 0) is 21.9 Å². The van der Waals surface area contributed by atoms with Crippen LogP contribution in [0.2, 0.25) is 0 Å². The van der Waals surface area contributed by atoms with Gasteiger partial charge in [0.05, 0.1) is 12.2 Å². The average Bonchev–Trinajstić information content (AvgIpc) is 2.95. The van der Waals surface area contributed by atoms with Crippen LogP contribution in [0.1, 0.15) is 32.6 Å². The van der Waals surface area contributed by atoms with Gasteiger partial charge in [0.25, 0.3) is 0 Å². The summed E-state index contributed by atoms with van der Waals surface area (Å²) in [6, 6.07) is -0.841. The molecular weight excluding hydrogens is 318 g/mol. The van der Waals surface area contributed by atoms with Crippen molar-refractivity contribution in [3.05, 3.63) is 12.4 Å². The predicted octanol–water partition coefficient (Wildman–Crippen LogP) is -0.279. The third-order valence-corrected chi connectivity index (χ3v) is 5.75. The fourth-order valence-electron chi connectivity index (χ4n) is 2.88. The largest absolute Gasteiger partial charge is 0.352 e. The van der Waals surface area contributed by atoms with Crippen LogP contribution < -0.4 is 15.8 Å². The Bertz CT molecular complexity index is 643. The molecule has 1 saturated carbocycles. The summed E-state index contributed by atoms with van der Waals surface area (Å²) in [6.45, 7) is 2.06. The van der Waals surface area contributed by atoms with Crippen LogP contribution in [0.15, 0.2) is 17.3 Å². The van der Waals surface area contributed by atoms with E-state index in [0.717, 1.165) is 25.7 Å². The molecule has 1 fully saturated rings. The van der Waals surface area contributed by atoms with Gasteiger partial charge in [-0.25, -0.2) is 8.42 Å². The van der Waals surface area contributed by atoms with E-state index in [1.165, 1.54) is 24.0 Å². The van der Waals surface area contributed by atoms with Gasteiger partial charge in [0.15, 0.2) is 0 Å². The molecule has 1 aromatic heterocycles. The molecule has 1 aliphatic carbocycles. The second kappa shape index (κ2) is 7.41. The van der Waals surface area contributed by atoms with Gasteiger partial charge in [-0.2, -0.15) is 9.82 Å². The monoisotopic (exact) mass is 343 g/mol. The Labute approximate surface area is 136 Å². The minimum Gasteiger partial charge on any atom is -0.352 e. The number of sulfonamides is 1. The van der Waals surface area contributed by atoms with E-state index in [0.29, 0.717) is 6.54 Å². The molecule has 3 atom stereocenters. The first-order valence-electron chi connectivity index (χ1n) is 7.85. The third kappa shape index (κ3) is 4.52. The predicted molar refractivity (Wildman–Crippen MR) is 85.9 cm³/mol. The number of amides is 1. The number of hydrogen-bond donors (Lipinski definition) is 3. The summed E-state index contributed by atoms with van der Waals surface area (Å²) in [5.41, 5.74) is 5.75. The lowest BCUT2D eigenvalue weighted by atomic mass is 9.84. The minimum atomic E-state index is -3.76. The van der Waals surface area contributed by atoms with Crippen molar-refractivity contribution in [1.82, 2.24) is 19.8 Å². The number of carbonyl (C=O) groups excluding carboxylic acids is 1.